The summed E-state index contributed by atoms with van der Waals surface area (Å²) in [6.07, 6.45) is 4.20. The van der Waals surface area contributed by atoms with Crippen LogP contribution in [0.25, 0.3) is 10.8 Å². The predicted molar refractivity (Wildman–Crippen MR) is 102 cm³/mol. The molecule has 4 nitrogen and oxygen atoms in total. The highest BCUT2D eigenvalue weighted by atomic mass is 32.1. The van der Waals surface area contributed by atoms with Crippen LogP contribution >= 0.6 is 11.3 Å². The molecule has 1 heterocycles. The summed E-state index contributed by atoms with van der Waals surface area (Å²) in [7, 11) is 0. The highest BCUT2D eigenvalue weighted by Crippen LogP contribution is 2.37. The van der Waals surface area contributed by atoms with Crippen molar-refractivity contribution in [3.63, 3.8) is 0 Å². The van der Waals surface area contributed by atoms with Gasteiger partial charge in [0.1, 0.15) is 11.1 Å². The minimum Gasteiger partial charge on any atom is -0.307 e. The summed E-state index contributed by atoms with van der Waals surface area (Å²) in [5.74, 6) is 0. The first kappa shape index (κ1) is 15.7. The molecule has 1 aromatic heterocycles. The SMILES string of the molecule is N#Cc1c(NC(=O)Nc2cccc3ccccc23)sc2c1CCCC2. The second kappa shape index (κ2) is 6.58. The molecule has 0 bridgehead atoms. The molecule has 0 unspecified atom stereocenters. The Hall–Kier alpha value is -2.84. The van der Waals surface area contributed by atoms with Crippen LogP contribution in [-0.4, -0.2) is 6.03 Å². The zero-order chi connectivity index (χ0) is 17.2. The molecule has 0 spiro atoms. The number of nitriles is 1. The quantitative estimate of drug-likeness (QED) is 0.661. The fraction of sp³-hybridized carbons (Fsp3) is 0.200. The molecule has 3 aromatic rings. The lowest BCUT2D eigenvalue weighted by Gasteiger charge is -2.10. The number of benzene rings is 2. The van der Waals surface area contributed by atoms with E-state index in [4.69, 9.17) is 0 Å². The van der Waals surface area contributed by atoms with Crippen molar-refractivity contribution < 1.29 is 4.79 Å². The number of amides is 2. The van der Waals surface area contributed by atoms with Gasteiger partial charge in [-0.05, 0) is 42.7 Å². The van der Waals surface area contributed by atoms with Crippen LogP contribution < -0.4 is 10.6 Å². The number of carbonyl (C=O) groups excluding carboxylic acids is 1. The number of aryl methyl sites for hydroxylation is 1. The fourth-order valence-corrected chi connectivity index (χ4v) is 4.60. The van der Waals surface area contributed by atoms with E-state index in [2.05, 4.69) is 16.7 Å². The second-order valence-electron chi connectivity index (χ2n) is 6.13. The molecule has 2 aromatic carbocycles. The standard InChI is InChI=1S/C20H17N3OS/c21-12-16-15-9-3-4-11-18(15)25-19(16)23-20(24)22-17-10-5-7-13-6-1-2-8-14(13)17/h1-2,5-8,10H,3-4,9,11H2,(H2,22,23,24). The van der Waals surface area contributed by atoms with Gasteiger partial charge in [0, 0.05) is 10.3 Å². The normalized spacial score (nSPS) is 13.1. The molecule has 0 fully saturated rings. The van der Waals surface area contributed by atoms with Crippen LogP contribution in [0.15, 0.2) is 42.5 Å². The van der Waals surface area contributed by atoms with Crippen molar-refractivity contribution in [3.05, 3.63) is 58.5 Å². The number of thiophene rings is 1. The van der Waals surface area contributed by atoms with Crippen LogP contribution in [0.3, 0.4) is 0 Å². The third kappa shape index (κ3) is 2.97. The van der Waals surface area contributed by atoms with Gasteiger partial charge in [0.25, 0.3) is 0 Å². The van der Waals surface area contributed by atoms with Crippen molar-refractivity contribution in [2.45, 2.75) is 25.7 Å². The number of carbonyl (C=O) groups is 1. The van der Waals surface area contributed by atoms with Gasteiger partial charge in [-0.1, -0.05) is 36.4 Å². The third-order valence-electron chi connectivity index (χ3n) is 4.55. The number of hydrogen-bond acceptors (Lipinski definition) is 3. The van der Waals surface area contributed by atoms with Crippen molar-refractivity contribution in [3.8, 4) is 6.07 Å². The summed E-state index contributed by atoms with van der Waals surface area (Å²) in [5, 5.41) is 18.0. The van der Waals surface area contributed by atoms with E-state index in [-0.39, 0.29) is 6.03 Å². The summed E-state index contributed by atoms with van der Waals surface area (Å²) in [6, 6.07) is 15.7. The highest BCUT2D eigenvalue weighted by Gasteiger charge is 2.21. The predicted octanol–water partition coefficient (Wildman–Crippen LogP) is 5.30. The Morgan fingerprint density at radius 2 is 1.84 bits per heavy atom. The van der Waals surface area contributed by atoms with E-state index in [1.165, 1.54) is 16.2 Å². The number of nitrogens with zero attached hydrogens (tertiary/aromatic N) is 1. The van der Waals surface area contributed by atoms with Crippen LogP contribution in [0.5, 0.6) is 0 Å². The average Bonchev–Trinajstić information content (AvgIpc) is 2.98. The maximum atomic E-state index is 12.5. The molecule has 4 rings (SSSR count). The molecule has 1 aliphatic carbocycles. The number of hydrogen-bond donors (Lipinski definition) is 2. The number of nitrogens with one attached hydrogen (secondary N) is 2. The van der Waals surface area contributed by atoms with Crippen LogP contribution in [0.1, 0.15) is 28.8 Å². The first-order valence-corrected chi connectivity index (χ1v) is 9.18. The molecular weight excluding hydrogens is 330 g/mol. The second-order valence-corrected chi connectivity index (χ2v) is 7.24. The summed E-state index contributed by atoms with van der Waals surface area (Å²) >= 11 is 1.53. The van der Waals surface area contributed by atoms with Crippen molar-refractivity contribution in [1.29, 1.82) is 5.26 Å². The van der Waals surface area contributed by atoms with Crippen molar-refractivity contribution in [1.82, 2.24) is 0 Å². The Balaban J connectivity index is 1.59. The van der Waals surface area contributed by atoms with Gasteiger partial charge in [0.15, 0.2) is 0 Å². The van der Waals surface area contributed by atoms with Gasteiger partial charge >= 0.3 is 6.03 Å². The van der Waals surface area contributed by atoms with E-state index in [0.717, 1.165) is 47.7 Å². The maximum Gasteiger partial charge on any atom is 0.324 e. The van der Waals surface area contributed by atoms with E-state index in [9.17, 15) is 10.1 Å². The van der Waals surface area contributed by atoms with Crippen LogP contribution in [0.4, 0.5) is 15.5 Å². The van der Waals surface area contributed by atoms with Gasteiger partial charge in [0.05, 0.1) is 11.3 Å². The lowest BCUT2D eigenvalue weighted by molar-refractivity contribution is 0.262. The number of anilines is 2. The molecule has 2 N–H and O–H groups in total. The smallest absolute Gasteiger partial charge is 0.307 e. The molecule has 1 aliphatic rings. The fourth-order valence-electron chi connectivity index (χ4n) is 3.36. The number of urea groups is 1. The minimum absolute atomic E-state index is 0.313. The van der Waals surface area contributed by atoms with E-state index in [1.54, 1.807) is 0 Å². The molecule has 124 valence electrons. The maximum absolute atomic E-state index is 12.5. The van der Waals surface area contributed by atoms with Crippen LogP contribution in [0.2, 0.25) is 0 Å². The summed E-state index contributed by atoms with van der Waals surface area (Å²) < 4.78 is 0. The molecule has 2 amide bonds. The molecule has 5 heteroatoms. The van der Waals surface area contributed by atoms with E-state index in [0.29, 0.717) is 10.6 Å². The Morgan fingerprint density at radius 3 is 2.72 bits per heavy atom. The highest BCUT2D eigenvalue weighted by molar-refractivity contribution is 7.16. The van der Waals surface area contributed by atoms with Crippen molar-refractivity contribution in [2.75, 3.05) is 10.6 Å². The lowest BCUT2D eigenvalue weighted by Crippen LogP contribution is -2.19. The topological polar surface area (TPSA) is 64.9 Å². The molecular formula is C20H17N3OS. The first-order chi connectivity index (χ1) is 12.3. The van der Waals surface area contributed by atoms with Gasteiger partial charge in [-0.25, -0.2) is 4.79 Å². The molecule has 0 saturated heterocycles. The number of rotatable bonds is 2. The Kier molecular flexibility index (Phi) is 4.12. The lowest BCUT2D eigenvalue weighted by atomic mass is 9.96. The van der Waals surface area contributed by atoms with Gasteiger partial charge in [0.2, 0.25) is 0 Å². The molecule has 0 atom stereocenters. The zero-order valence-electron chi connectivity index (χ0n) is 13.6. The van der Waals surface area contributed by atoms with Crippen molar-refractivity contribution >= 4 is 38.8 Å². The van der Waals surface area contributed by atoms with Crippen LogP contribution in [-0.2, 0) is 12.8 Å². The first-order valence-electron chi connectivity index (χ1n) is 8.36. The van der Waals surface area contributed by atoms with E-state index >= 15 is 0 Å². The summed E-state index contributed by atoms with van der Waals surface area (Å²) in [6.45, 7) is 0. The molecule has 25 heavy (non-hydrogen) atoms. The van der Waals surface area contributed by atoms with E-state index < -0.39 is 0 Å². The average molecular weight is 347 g/mol. The minimum atomic E-state index is -0.313. The number of fused-ring (bicyclic) bond motifs is 2. The Labute approximate surface area is 150 Å². The van der Waals surface area contributed by atoms with Crippen LogP contribution in [0, 0.1) is 11.3 Å². The van der Waals surface area contributed by atoms with Gasteiger partial charge in [-0.15, -0.1) is 11.3 Å². The molecule has 0 saturated carbocycles. The summed E-state index contributed by atoms with van der Waals surface area (Å²) in [5.41, 5.74) is 2.52. The van der Waals surface area contributed by atoms with Gasteiger partial charge in [-0.3, -0.25) is 5.32 Å². The largest absolute Gasteiger partial charge is 0.324 e. The zero-order valence-corrected chi connectivity index (χ0v) is 14.5. The molecule has 0 radical (unpaired) electrons. The Morgan fingerprint density at radius 1 is 1.04 bits per heavy atom. The Bertz CT molecular complexity index is 995. The van der Waals surface area contributed by atoms with Gasteiger partial charge in [-0.2, -0.15) is 5.26 Å². The molecule has 0 aliphatic heterocycles. The van der Waals surface area contributed by atoms with Gasteiger partial charge < -0.3 is 5.32 Å². The van der Waals surface area contributed by atoms with E-state index in [1.807, 2.05) is 42.5 Å². The van der Waals surface area contributed by atoms with Crippen molar-refractivity contribution in [2.24, 2.45) is 0 Å². The summed E-state index contributed by atoms with van der Waals surface area (Å²) in [4.78, 5) is 13.7. The monoisotopic (exact) mass is 347 g/mol. The third-order valence-corrected chi connectivity index (χ3v) is 5.76.